The largest absolute Gasteiger partial charge is 0.416 e. The third-order valence-corrected chi connectivity index (χ3v) is 4.26. The van der Waals surface area contributed by atoms with Crippen molar-refractivity contribution >= 4 is 0 Å². The Morgan fingerprint density at radius 1 is 0.821 bits per heavy atom. The minimum atomic E-state index is -4.48. The lowest BCUT2D eigenvalue weighted by Crippen LogP contribution is -2.39. The van der Waals surface area contributed by atoms with Gasteiger partial charge in [0.05, 0.1) is 11.1 Å². The summed E-state index contributed by atoms with van der Waals surface area (Å²) in [5.74, 6) is 5.71. The van der Waals surface area contributed by atoms with E-state index in [9.17, 15) is 22.8 Å². The molecule has 0 aliphatic carbocycles. The van der Waals surface area contributed by atoms with Crippen LogP contribution in [0.1, 0.15) is 16.8 Å². The zero-order chi connectivity index (χ0) is 20.5. The first-order valence-corrected chi connectivity index (χ1v) is 8.25. The highest BCUT2D eigenvalue weighted by Crippen LogP contribution is 2.30. The van der Waals surface area contributed by atoms with E-state index in [1.54, 1.807) is 24.3 Å². The number of aromatic nitrogens is 2. The second kappa shape index (κ2) is 7.24. The lowest BCUT2D eigenvalue weighted by molar-refractivity contribution is -0.137. The molecule has 1 heterocycles. The van der Waals surface area contributed by atoms with E-state index in [2.05, 4.69) is 11.8 Å². The van der Waals surface area contributed by atoms with Crippen molar-refractivity contribution in [3.8, 4) is 23.0 Å². The van der Waals surface area contributed by atoms with E-state index in [0.717, 1.165) is 16.7 Å². The fraction of sp³-hybridized carbons (Fsp3) is 0.143. The Morgan fingerprint density at radius 3 is 2.00 bits per heavy atom. The van der Waals surface area contributed by atoms with Crippen LogP contribution in [0.15, 0.2) is 64.2 Å². The van der Waals surface area contributed by atoms with Crippen molar-refractivity contribution < 1.29 is 13.2 Å². The third kappa shape index (κ3) is 3.62. The smallest absolute Gasteiger partial charge is 0.289 e. The minimum absolute atomic E-state index is 0.0711. The van der Waals surface area contributed by atoms with Crippen molar-refractivity contribution in [2.75, 3.05) is 0 Å². The van der Waals surface area contributed by atoms with Crippen LogP contribution in [-0.4, -0.2) is 9.13 Å². The van der Waals surface area contributed by atoms with Gasteiger partial charge in [-0.2, -0.15) is 13.2 Å². The van der Waals surface area contributed by atoms with Gasteiger partial charge in [-0.15, -0.1) is 0 Å². The summed E-state index contributed by atoms with van der Waals surface area (Å²) in [5, 5.41) is 0. The summed E-state index contributed by atoms with van der Waals surface area (Å²) >= 11 is 0. The zero-order valence-corrected chi connectivity index (χ0v) is 15.0. The maximum Gasteiger partial charge on any atom is 0.416 e. The molecule has 3 aromatic rings. The van der Waals surface area contributed by atoms with E-state index in [1.807, 2.05) is 6.07 Å². The topological polar surface area (TPSA) is 44.0 Å². The van der Waals surface area contributed by atoms with Gasteiger partial charge in [0.25, 0.3) is 5.56 Å². The average Bonchev–Trinajstić information content (AvgIpc) is 2.68. The van der Waals surface area contributed by atoms with Crippen LogP contribution in [-0.2, 0) is 20.3 Å². The van der Waals surface area contributed by atoms with Crippen molar-refractivity contribution in [2.45, 2.75) is 6.18 Å². The molecular formula is C21H15F3N2O2. The van der Waals surface area contributed by atoms with E-state index in [1.165, 1.54) is 30.8 Å². The summed E-state index contributed by atoms with van der Waals surface area (Å²) in [5.41, 5.74) is -0.887. The number of alkyl halides is 3. The molecule has 0 atom stereocenters. The van der Waals surface area contributed by atoms with Gasteiger partial charge in [-0.05, 0) is 35.7 Å². The molecule has 0 N–H and O–H groups in total. The van der Waals surface area contributed by atoms with E-state index in [0.29, 0.717) is 5.56 Å². The summed E-state index contributed by atoms with van der Waals surface area (Å²) in [6.45, 7) is 0. The van der Waals surface area contributed by atoms with Gasteiger partial charge in [0.15, 0.2) is 0 Å². The van der Waals surface area contributed by atoms with Crippen molar-refractivity contribution in [3.05, 3.63) is 92.3 Å². The molecule has 0 saturated heterocycles. The summed E-state index contributed by atoms with van der Waals surface area (Å²) in [4.78, 5) is 25.0. The maximum atomic E-state index is 12.8. The highest BCUT2D eigenvalue weighted by atomic mass is 19.4. The second-order valence-electron chi connectivity index (χ2n) is 6.12. The van der Waals surface area contributed by atoms with Crippen LogP contribution in [0, 0.1) is 11.8 Å². The molecule has 0 saturated carbocycles. The monoisotopic (exact) mass is 384 g/mol. The number of hydrogen-bond acceptors (Lipinski definition) is 2. The van der Waals surface area contributed by atoms with Crippen LogP contribution >= 0.6 is 0 Å². The van der Waals surface area contributed by atoms with E-state index in [-0.39, 0.29) is 16.8 Å². The van der Waals surface area contributed by atoms with Crippen molar-refractivity contribution in [3.63, 3.8) is 0 Å². The Kier molecular flexibility index (Phi) is 4.97. The fourth-order valence-electron chi connectivity index (χ4n) is 2.73. The zero-order valence-electron chi connectivity index (χ0n) is 15.0. The Balaban J connectivity index is 2.25. The molecule has 7 heteroatoms. The van der Waals surface area contributed by atoms with E-state index < -0.39 is 23.0 Å². The molecule has 0 aliphatic heterocycles. The first kappa shape index (κ1) is 19.2. The number of hydrogen-bond donors (Lipinski definition) is 0. The summed E-state index contributed by atoms with van der Waals surface area (Å²) in [6.07, 6.45) is -4.48. The quantitative estimate of drug-likeness (QED) is 0.605. The maximum absolute atomic E-state index is 12.8. The molecule has 0 amide bonds. The first-order chi connectivity index (χ1) is 13.2. The SMILES string of the molecule is Cn1c(C#Cc2ccccc2)c(-c2ccc(C(F)(F)F)cc2)c(=O)n(C)c1=O. The minimum Gasteiger partial charge on any atom is -0.289 e. The molecule has 0 fully saturated rings. The molecule has 0 radical (unpaired) electrons. The molecule has 28 heavy (non-hydrogen) atoms. The second-order valence-corrected chi connectivity index (χ2v) is 6.12. The van der Waals surface area contributed by atoms with E-state index in [4.69, 9.17) is 0 Å². The Bertz CT molecular complexity index is 1190. The Hall–Kier alpha value is -3.53. The molecule has 0 aliphatic rings. The van der Waals surface area contributed by atoms with E-state index >= 15 is 0 Å². The Morgan fingerprint density at radius 2 is 1.43 bits per heavy atom. The molecule has 4 nitrogen and oxygen atoms in total. The van der Waals surface area contributed by atoms with Crippen molar-refractivity contribution in [2.24, 2.45) is 14.1 Å². The van der Waals surface area contributed by atoms with Crippen molar-refractivity contribution in [1.29, 1.82) is 0 Å². The van der Waals surface area contributed by atoms with Gasteiger partial charge >= 0.3 is 11.9 Å². The average molecular weight is 384 g/mol. The number of benzene rings is 2. The van der Waals surface area contributed by atoms with Crippen LogP contribution in [0.2, 0.25) is 0 Å². The fourth-order valence-corrected chi connectivity index (χ4v) is 2.73. The summed E-state index contributed by atoms with van der Waals surface area (Å²) in [6, 6.07) is 13.2. The molecule has 0 unspecified atom stereocenters. The first-order valence-electron chi connectivity index (χ1n) is 8.25. The molecule has 3 rings (SSSR count). The van der Waals surface area contributed by atoms with Gasteiger partial charge in [0, 0.05) is 19.7 Å². The molecule has 0 bridgehead atoms. The van der Waals surface area contributed by atoms with Gasteiger partial charge in [0.1, 0.15) is 5.69 Å². The van der Waals surface area contributed by atoms with Crippen molar-refractivity contribution in [1.82, 2.24) is 9.13 Å². The van der Waals surface area contributed by atoms with Gasteiger partial charge < -0.3 is 0 Å². The lowest BCUT2D eigenvalue weighted by atomic mass is 10.0. The summed E-state index contributed by atoms with van der Waals surface area (Å²) in [7, 11) is 2.77. The standard InChI is InChI=1S/C21H15F3N2O2/c1-25-17(13-8-14-6-4-3-5-7-14)18(19(27)26(2)20(25)28)15-9-11-16(12-10-15)21(22,23)24/h3-7,9-12H,1-2H3. The van der Waals surface area contributed by atoms with Gasteiger partial charge in [-0.1, -0.05) is 36.3 Å². The molecule has 1 aromatic heterocycles. The highest BCUT2D eigenvalue weighted by Gasteiger charge is 2.30. The molecule has 2 aromatic carbocycles. The highest BCUT2D eigenvalue weighted by molar-refractivity contribution is 5.69. The predicted octanol–water partition coefficient (Wildman–Crippen LogP) is 3.17. The number of rotatable bonds is 1. The van der Waals surface area contributed by atoms with Crippen LogP contribution in [0.5, 0.6) is 0 Å². The van der Waals surface area contributed by atoms with Gasteiger partial charge in [0.2, 0.25) is 0 Å². The molecule has 0 spiro atoms. The van der Waals surface area contributed by atoms with Crippen LogP contribution in [0.25, 0.3) is 11.1 Å². The van der Waals surface area contributed by atoms with Gasteiger partial charge in [-0.25, -0.2) is 4.79 Å². The Labute approximate surface area is 158 Å². The number of nitrogens with zero attached hydrogens (tertiary/aromatic N) is 2. The molecular weight excluding hydrogens is 369 g/mol. The van der Waals surface area contributed by atoms with Crippen LogP contribution < -0.4 is 11.2 Å². The number of halogens is 3. The lowest BCUT2D eigenvalue weighted by Gasteiger charge is -2.12. The van der Waals surface area contributed by atoms with Gasteiger partial charge in [-0.3, -0.25) is 13.9 Å². The molecule has 142 valence electrons. The normalized spacial score (nSPS) is 11.0. The van der Waals surface area contributed by atoms with Crippen LogP contribution in [0.3, 0.4) is 0 Å². The van der Waals surface area contributed by atoms with Crippen LogP contribution in [0.4, 0.5) is 13.2 Å². The summed E-state index contributed by atoms with van der Waals surface area (Å²) < 4.78 is 40.6. The predicted molar refractivity (Wildman–Crippen MR) is 99.8 cm³/mol. The third-order valence-electron chi connectivity index (χ3n) is 4.26.